The van der Waals surface area contributed by atoms with E-state index in [0.717, 1.165) is 18.8 Å². The summed E-state index contributed by atoms with van der Waals surface area (Å²) in [5.74, 6) is 0.926. The molecule has 17 heavy (non-hydrogen) atoms. The molecule has 0 aliphatic carbocycles. The first kappa shape index (κ1) is 12.0. The number of nitrogens with zero attached hydrogens (tertiary/aromatic N) is 1. The molecule has 0 N–H and O–H groups in total. The molecule has 0 aliphatic rings. The lowest BCUT2D eigenvalue weighted by Crippen LogP contribution is -2.01. The van der Waals surface area contributed by atoms with Crippen LogP contribution >= 0.6 is 0 Å². The highest BCUT2D eigenvalue weighted by Gasteiger charge is 2.03. The minimum atomic E-state index is 0.697. The summed E-state index contributed by atoms with van der Waals surface area (Å²) >= 11 is 0. The Hall–Kier alpha value is -1.48. The Labute approximate surface area is 102 Å². The first-order valence-corrected chi connectivity index (χ1v) is 5.90. The number of rotatable bonds is 5. The fourth-order valence-electron chi connectivity index (χ4n) is 1.93. The van der Waals surface area contributed by atoms with Crippen LogP contribution < -0.4 is 4.74 Å². The Balaban J connectivity index is 2.11. The Bertz CT molecular complexity index is 502. The summed E-state index contributed by atoms with van der Waals surface area (Å²) in [7, 11) is 3.78. The van der Waals surface area contributed by atoms with Crippen LogP contribution in [-0.4, -0.2) is 24.9 Å². The van der Waals surface area contributed by atoms with Crippen molar-refractivity contribution in [3.63, 3.8) is 0 Å². The van der Waals surface area contributed by atoms with Crippen molar-refractivity contribution in [2.24, 2.45) is 7.05 Å². The summed E-state index contributed by atoms with van der Waals surface area (Å²) in [4.78, 5) is 0. The minimum absolute atomic E-state index is 0.697. The van der Waals surface area contributed by atoms with E-state index in [1.165, 1.54) is 16.6 Å². The average Bonchev–Trinajstić information content (AvgIpc) is 2.61. The molecule has 0 fully saturated rings. The van der Waals surface area contributed by atoms with Gasteiger partial charge in [-0.2, -0.15) is 0 Å². The fraction of sp³-hybridized carbons (Fsp3) is 0.429. The van der Waals surface area contributed by atoms with E-state index in [0.29, 0.717) is 6.61 Å². The number of methoxy groups -OCH3 is 1. The number of aryl methyl sites for hydroxylation is 2. The Morgan fingerprint density at radius 3 is 2.76 bits per heavy atom. The molecule has 0 radical (unpaired) electrons. The molecule has 0 bridgehead atoms. The van der Waals surface area contributed by atoms with E-state index in [4.69, 9.17) is 9.47 Å². The first-order valence-electron chi connectivity index (χ1n) is 5.90. The third-order valence-electron chi connectivity index (χ3n) is 3.02. The maximum absolute atomic E-state index is 5.69. The van der Waals surface area contributed by atoms with Crippen LogP contribution in [0.15, 0.2) is 24.3 Å². The van der Waals surface area contributed by atoms with Crippen molar-refractivity contribution in [3.8, 4) is 5.75 Å². The van der Waals surface area contributed by atoms with Crippen LogP contribution in [-0.2, 0) is 11.8 Å². The maximum Gasteiger partial charge on any atom is 0.121 e. The van der Waals surface area contributed by atoms with Gasteiger partial charge in [-0.15, -0.1) is 0 Å². The predicted molar refractivity (Wildman–Crippen MR) is 69.6 cm³/mol. The van der Waals surface area contributed by atoms with Crippen molar-refractivity contribution >= 4 is 10.9 Å². The van der Waals surface area contributed by atoms with Crippen molar-refractivity contribution in [3.05, 3.63) is 30.0 Å². The van der Waals surface area contributed by atoms with Crippen molar-refractivity contribution in [2.45, 2.75) is 13.3 Å². The molecule has 2 rings (SSSR count). The van der Waals surface area contributed by atoms with Crippen LogP contribution in [0.1, 0.15) is 12.1 Å². The molecule has 1 aromatic heterocycles. The van der Waals surface area contributed by atoms with Crippen molar-refractivity contribution in [1.29, 1.82) is 0 Å². The van der Waals surface area contributed by atoms with E-state index in [1.54, 1.807) is 7.11 Å². The van der Waals surface area contributed by atoms with E-state index >= 15 is 0 Å². The van der Waals surface area contributed by atoms with Crippen LogP contribution in [0.2, 0.25) is 0 Å². The van der Waals surface area contributed by atoms with Gasteiger partial charge in [0, 0.05) is 44.3 Å². The van der Waals surface area contributed by atoms with Gasteiger partial charge < -0.3 is 14.0 Å². The predicted octanol–water partition coefficient (Wildman–Crippen LogP) is 2.90. The second-order valence-electron chi connectivity index (χ2n) is 4.26. The second kappa shape index (κ2) is 5.23. The highest BCUT2D eigenvalue weighted by molar-refractivity contribution is 5.82. The highest BCUT2D eigenvalue weighted by Crippen LogP contribution is 2.23. The molecule has 92 valence electrons. The van der Waals surface area contributed by atoms with Crippen LogP contribution in [0.25, 0.3) is 10.9 Å². The average molecular weight is 233 g/mol. The summed E-state index contributed by atoms with van der Waals surface area (Å²) in [5.41, 5.74) is 2.48. The van der Waals surface area contributed by atoms with E-state index in [1.807, 2.05) is 6.07 Å². The van der Waals surface area contributed by atoms with Crippen LogP contribution in [0.4, 0.5) is 0 Å². The van der Waals surface area contributed by atoms with Gasteiger partial charge in [0.2, 0.25) is 0 Å². The zero-order chi connectivity index (χ0) is 12.3. The molecule has 0 aliphatic heterocycles. The lowest BCUT2D eigenvalue weighted by atomic mass is 10.2. The van der Waals surface area contributed by atoms with Gasteiger partial charge in [0.25, 0.3) is 0 Å². The number of ether oxygens (including phenoxy) is 2. The van der Waals surface area contributed by atoms with Gasteiger partial charge in [-0.05, 0) is 25.1 Å². The van der Waals surface area contributed by atoms with Crippen molar-refractivity contribution < 1.29 is 9.47 Å². The van der Waals surface area contributed by atoms with E-state index < -0.39 is 0 Å². The zero-order valence-corrected chi connectivity index (χ0v) is 10.7. The van der Waals surface area contributed by atoms with E-state index in [-0.39, 0.29) is 0 Å². The molecule has 0 atom stereocenters. The van der Waals surface area contributed by atoms with Gasteiger partial charge in [0.15, 0.2) is 0 Å². The van der Waals surface area contributed by atoms with Crippen LogP contribution in [0.5, 0.6) is 5.75 Å². The molecule has 0 saturated carbocycles. The smallest absolute Gasteiger partial charge is 0.121 e. The van der Waals surface area contributed by atoms with Gasteiger partial charge in [0.05, 0.1) is 12.1 Å². The Kier molecular flexibility index (Phi) is 3.69. The molecule has 0 saturated heterocycles. The van der Waals surface area contributed by atoms with E-state index in [9.17, 15) is 0 Å². The lowest BCUT2D eigenvalue weighted by Gasteiger charge is -2.06. The molecule has 1 aromatic carbocycles. The summed E-state index contributed by atoms with van der Waals surface area (Å²) in [6.45, 7) is 3.55. The molecule has 0 amide bonds. The molecule has 2 aromatic rings. The summed E-state index contributed by atoms with van der Waals surface area (Å²) in [6.07, 6.45) is 0.917. The third kappa shape index (κ3) is 2.61. The number of hydrogen-bond acceptors (Lipinski definition) is 2. The largest absolute Gasteiger partial charge is 0.493 e. The summed E-state index contributed by atoms with van der Waals surface area (Å²) in [5, 5.41) is 1.26. The quantitative estimate of drug-likeness (QED) is 0.741. The van der Waals surface area contributed by atoms with Crippen LogP contribution in [0, 0.1) is 6.92 Å². The van der Waals surface area contributed by atoms with Gasteiger partial charge in [-0.3, -0.25) is 0 Å². The number of aromatic nitrogens is 1. The number of hydrogen-bond donors (Lipinski definition) is 0. The first-order chi connectivity index (χ1) is 8.22. The van der Waals surface area contributed by atoms with Crippen LogP contribution in [0.3, 0.4) is 0 Å². The second-order valence-corrected chi connectivity index (χ2v) is 4.26. The summed E-state index contributed by atoms with van der Waals surface area (Å²) < 4.78 is 12.9. The molecule has 3 nitrogen and oxygen atoms in total. The van der Waals surface area contributed by atoms with Gasteiger partial charge >= 0.3 is 0 Å². The fourth-order valence-corrected chi connectivity index (χ4v) is 1.93. The normalized spacial score (nSPS) is 11.0. The molecule has 0 spiro atoms. The maximum atomic E-state index is 5.69. The lowest BCUT2D eigenvalue weighted by molar-refractivity contribution is 0.172. The molecule has 3 heteroatoms. The van der Waals surface area contributed by atoms with Crippen molar-refractivity contribution in [1.82, 2.24) is 4.57 Å². The van der Waals surface area contributed by atoms with Gasteiger partial charge in [-0.25, -0.2) is 0 Å². The minimum Gasteiger partial charge on any atom is -0.493 e. The standard InChI is InChI=1S/C14H19NO2/c1-11-9-12-5-6-13(10-14(12)15(11)2)17-8-4-7-16-3/h5-6,9-10H,4,7-8H2,1-3H3. The third-order valence-corrected chi connectivity index (χ3v) is 3.02. The monoisotopic (exact) mass is 233 g/mol. The Morgan fingerprint density at radius 2 is 2.00 bits per heavy atom. The molecule has 0 unspecified atom stereocenters. The summed E-state index contributed by atoms with van der Waals surface area (Å²) in [6, 6.07) is 8.40. The molecular weight excluding hydrogens is 214 g/mol. The Morgan fingerprint density at radius 1 is 1.18 bits per heavy atom. The topological polar surface area (TPSA) is 23.4 Å². The number of benzene rings is 1. The highest BCUT2D eigenvalue weighted by atomic mass is 16.5. The molecular formula is C14H19NO2. The SMILES string of the molecule is COCCCOc1ccc2cc(C)n(C)c2c1. The number of fused-ring (bicyclic) bond motifs is 1. The van der Waals surface area contributed by atoms with Gasteiger partial charge in [0.1, 0.15) is 5.75 Å². The zero-order valence-electron chi connectivity index (χ0n) is 10.7. The molecule has 1 heterocycles. The van der Waals surface area contributed by atoms with E-state index in [2.05, 4.69) is 36.7 Å². The van der Waals surface area contributed by atoms with Crippen molar-refractivity contribution in [2.75, 3.05) is 20.3 Å². The van der Waals surface area contributed by atoms with Gasteiger partial charge in [-0.1, -0.05) is 0 Å².